The fraction of sp³-hybridized carbons (Fsp3) is 0.333. The summed E-state index contributed by atoms with van der Waals surface area (Å²) in [7, 11) is 0. The Hall–Kier alpha value is -1.91. The van der Waals surface area contributed by atoms with E-state index in [4.69, 9.17) is 5.26 Å². The van der Waals surface area contributed by atoms with E-state index in [1.165, 1.54) is 6.07 Å². The Morgan fingerprint density at radius 3 is 2.41 bits per heavy atom. The van der Waals surface area contributed by atoms with E-state index in [9.17, 15) is 26.7 Å². The monoisotopic (exact) mass is 252 g/mol. The molecule has 1 N–H and O–H groups in total. The fourth-order valence-electron chi connectivity index (χ4n) is 1.33. The Bertz CT molecular complexity index is 512. The van der Waals surface area contributed by atoms with E-state index in [-0.39, 0.29) is 6.20 Å². The summed E-state index contributed by atoms with van der Waals surface area (Å²) < 4.78 is 62.4. The minimum Gasteiger partial charge on any atom is -0.328 e. The zero-order chi connectivity index (χ0) is 13.2. The highest BCUT2D eigenvalue weighted by molar-refractivity contribution is 5.36. The van der Waals surface area contributed by atoms with Crippen molar-refractivity contribution < 1.29 is 22.0 Å². The third-order valence-corrected chi connectivity index (χ3v) is 2.02. The molecule has 0 saturated heterocycles. The molecule has 1 aromatic heterocycles. The lowest BCUT2D eigenvalue weighted by molar-refractivity contribution is -0.139. The normalized spacial score (nSPS) is 11.6. The lowest BCUT2D eigenvalue weighted by atomic mass is 10.0. The van der Waals surface area contributed by atoms with E-state index in [1.807, 2.05) is 0 Å². The Morgan fingerprint density at radius 1 is 1.41 bits per heavy atom. The van der Waals surface area contributed by atoms with Gasteiger partial charge in [-0.2, -0.15) is 18.4 Å². The molecule has 0 radical (unpaired) electrons. The molecular formula is C9H5F5N2O. The van der Waals surface area contributed by atoms with Crippen molar-refractivity contribution in [1.82, 2.24) is 4.98 Å². The van der Waals surface area contributed by atoms with Gasteiger partial charge in [0.15, 0.2) is 0 Å². The number of nitriles is 1. The number of nitrogens with one attached hydrogen (secondary N) is 1. The van der Waals surface area contributed by atoms with Crippen molar-refractivity contribution >= 4 is 0 Å². The van der Waals surface area contributed by atoms with Crippen LogP contribution in [0.15, 0.2) is 11.0 Å². The molecule has 0 aliphatic heterocycles. The fourth-order valence-corrected chi connectivity index (χ4v) is 1.33. The van der Waals surface area contributed by atoms with Gasteiger partial charge in [0, 0.05) is 17.3 Å². The molecular weight excluding hydrogens is 247 g/mol. The first-order valence-electron chi connectivity index (χ1n) is 4.25. The standard InChI is InChI=1S/C9H5F5N2O/c10-7(11)6-4(1-2-15)8(17)16-3-5(6)9(12,13)14/h3,7H,1H2,(H,16,17). The number of halogens is 5. The number of hydrogen-bond acceptors (Lipinski definition) is 2. The lowest BCUT2D eigenvalue weighted by Crippen LogP contribution is -2.21. The zero-order valence-corrected chi connectivity index (χ0v) is 8.11. The molecule has 0 unspecified atom stereocenters. The minimum atomic E-state index is -5.01. The molecule has 0 aliphatic rings. The number of hydrogen-bond donors (Lipinski definition) is 1. The van der Waals surface area contributed by atoms with Crippen LogP contribution in [0.2, 0.25) is 0 Å². The van der Waals surface area contributed by atoms with Crippen LogP contribution in [0, 0.1) is 11.3 Å². The molecule has 0 bridgehead atoms. The predicted molar refractivity (Wildman–Crippen MR) is 46.3 cm³/mol. The second kappa shape index (κ2) is 4.53. The molecule has 0 spiro atoms. The molecule has 17 heavy (non-hydrogen) atoms. The second-order valence-corrected chi connectivity index (χ2v) is 3.06. The van der Waals surface area contributed by atoms with Crippen molar-refractivity contribution in [2.75, 3.05) is 0 Å². The van der Waals surface area contributed by atoms with Gasteiger partial charge < -0.3 is 4.98 Å². The highest BCUT2D eigenvalue weighted by Gasteiger charge is 2.38. The summed E-state index contributed by atoms with van der Waals surface area (Å²) in [6.07, 6.45) is -9.11. The van der Waals surface area contributed by atoms with Crippen LogP contribution < -0.4 is 5.56 Å². The number of H-pyrrole nitrogens is 1. The summed E-state index contributed by atoms with van der Waals surface area (Å²) in [4.78, 5) is 12.8. The first-order valence-corrected chi connectivity index (χ1v) is 4.25. The number of nitrogens with zero attached hydrogens (tertiary/aromatic N) is 1. The average molecular weight is 252 g/mol. The quantitative estimate of drug-likeness (QED) is 0.821. The van der Waals surface area contributed by atoms with Gasteiger partial charge in [0.05, 0.1) is 18.1 Å². The molecule has 8 heteroatoms. The van der Waals surface area contributed by atoms with Crippen LogP contribution in [0.25, 0.3) is 0 Å². The van der Waals surface area contributed by atoms with E-state index in [0.29, 0.717) is 0 Å². The molecule has 3 nitrogen and oxygen atoms in total. The molecule has 1 heterocycles. The van der Waals surface area contributed by atoms with Gasteiger partial charge in [0.25, 0.3) is 12.0 Å². The van der Waals surface area contributed by atoms with Crippen LogP contribution >= 0.6 is 0 Å². The Morgan fingerprint density at radius 2 is 2.00 bits per heavy atom. The Balaban J connectivity index is 3.60. The maximum absolute atomic E-state index is 12.6. The first kappa shape index (κ1) is 13.2. The third kappa shape index (κ3) is 2.61. The van der Waals surface area contributed by atoms with Crippen LogP contribution in [0.5, 0.6) is 0 Å². The largest absolute Gasteiger partial charge is 0.418 e. The van der Waals surface area contributed by atoms with Crippen LogP contribution in [0.3, 0.4) is 0 Å². The summed E-state index contributed by atoms with van der Waals surface area (Å²) in [5, 5.41) is 8.32. The lowest BCUT2D eigenvalue weighted by Gasteiger charge is -2.14. The smallest absolute Gasteiger partial charge is 0.328 e. The predicted octanol–water partition coefficient (Wildman–Crippen LogP) is 2.40. The van der Waals surface area contributed by atoms with E-state index >= 15 is 0 Å². The van der Waals surface area contributed by atoms with Gasteiger partial charge in [-0.15, -0.1) is 0 Å². The van der Waals surface area contributed by atoms with Gasteiger partial charge in [0.2, 0.25) is 0 Å². The van der Waals surface area contributed by atoms with Crippen LogP contribution in [0.4, 0.5) is 22.0 Å². The molecule has 0 saturated carbocycles. The number of pyridine rings is 1. The summed E-state index contributed by atoms with van der Waals surface area (Å²) in [5.74, 6) is 0. The third-order valence-electron chi connectivity index (χ3n) is 2.02. The van der Waals surface area contributed by atoms with Crippen LogP contribution in [-0.4, -0.2) is 4.98 Å². The van der Waals surface area contributed by atoms with E-state index in [2.05, 4.69) is 0 Å². The molecule has 0 amide bonds. The van der Waals surface area contributed by atoms with E-state index < -0.39 is 41.3 Å². The molecule has 1 aromatic rings. The van der Waals surface area contributed by atoms with E-state index in [0.717, 1.165) is 0 Å². The van der Waals surface area contributed by atoms with Gasteiger partial charge >= 0.3 is 6.18 Å². The SMILES string of the molecule is N#CCc1c(C(F)F)c(C(F)(F)F)c[nH]c1=O. The van der Waals surface area contributed by atoms with Gasteiger partial charge in [-0.1, -0.05) is 0 Å². The Labute approximate surface area is 91.5 Å². The summed E-state index contributed by atoms with van der Waals surface area (Å²) in [5.41, 5.74) is -5.02. The maximum atomic E-state index is 12.6. The number of aromatic nitrogens is 1. The molecule has 0 aromatic carbocycles. The first-order chi connectivity index (χ1) is 7.79. The van der Waals surface area contributed by atoms with Crippen molar-refractivity contribution in [3.8, 4) is 6.07 Å². The second-order valence-electron chi connectivity index (χ2n) is 3.06. The molecule has 0 aliphatic carbocycles. The van der Waals surface area contributed by atoms with Gasteiger partial charge in [-0.3, -0.25) is 4.79 Å². The molecule has 0 fully saturated rings. The maximum Gasteiger partial charge on any atom is 0.418 e. The van der Waals surface area contributed by atoms with Gasteiger partial charge in [-0.25, -0.2) is 8.78 Å². The van der Waals surface area contributed by atoms with Crippen LogP contribution in [0.1, 0.15) is 23.1 Å². The molecule has 1 rings (SSSR count). The average Bonchev–Trinajstić information content (AvgIpc) is 2.18. The van der Waals surface area contributed by atoms with E-state index in [1.54, 1.807) is 4.98 Å². The van der Waals surface area contributed by atoms with Crippen molar-refractivity contribution in [1.29, 1.82) is 5.26 Å². The summed E-state index contributed by atoms with van der Waals surface area (Å²) in [6.45, 7) is 0. The van der Waals surface area contributed by atoms with Crippen molar-refractivity contribution in [2.24, 2.45) is 0 Å². The van der Waals surface area contributed by atoms with Crippen LogP contribution in [-0.2, 0) is 12.6 Å². The van der Waals surface area contributed by atoms with Gasteiger partial charge in [-0.05, 0) is 0 Å². The topological polar surface area (TPSA) is 56.6 Å². The Kier molecular flexibility index (Phi) is 3.50. The van der Waals surface area contributed by atoms with Crippen molar-refractivity contribution in [3.05, 3.63) is 33.2 Å². The summed E-state index contributed by atoms with van der Waals surface area (Å²) >= 11 is 0. The number of rotatable bonds is 2. The summed E-state index contributed by atoms with van der Waals surface area (Å²) in [6, 6.07) is 1.38. The highest BCUT2D eigenvalue weighted by atomic mass is 19.4. The van der Waals surface area contributed by atoms with Crippen molar-refractivity contribution in [2.45, 2.75) is 19.0 Å². The molecule has 92 valence electrons. The number of aromatic amines is 1. The highest BCUT2D eigenvalue weighted by Crippen LogP contribution is 2.36. The van der Waals surface area contributed by atoms with Gasteiger partial charge in [0.1, 0.15) is 0 Å². The minimum absolute atomic E-state index is 0.185. The number of alkyl halides is 5. The zero-order valence-electron chi connectivity index (χ0n) is 8.11. The van der Waals surface area contributed by atoms with Crippen molar-refractivity contribution in [3.63, 3.8) is 0 Å². The molecule has 0 atom stereocenters.